The molecule has 6 heteroatoms. The van der Waals surface area contributed by atoms with Crippen molar-refractivity contribution in [3.05, 3.63) is 0 Å². The Kier molecular flexibility index (Phi) is 15.3. The van der Waals surface area contributed by atoms with Crippen molar-refractivity contribution in [3.8, 4) is 0 Å². The summed E-state index contributed by atoms with van der Waals surface area (Å²) in [7, 11) is 2.19. The molecule has 0 aromatic carbocycles. The smallest absolute Gasteiger partial charge is 0.0113 e. The van der Waals surface area contributed by atoms with Crippen molar-refractivity contribution in [1.82, 2.24) is 29.4 Å². The first kappa shape index (κ1) is 30.8. The van der Waals surface area contributed by atoms with Crippen molar-refractivity contribution in [3.63, 3.8) is 0 Å². The van der Waals surface area contributed by atoms with E-state index in [1.165, 1.54) is 85.1 Å². The zero-order chi connectivity index (χ0) is 25.0. The molecule has 3 fully saturated rings. The molecule has 0 bridgehead atoms. The molecule has 33 heavy (non-hydrogen) atoms. The number of hydrogen-bond acceptors (Lipinski definition) is 6. The Hall–Kier alpha value is -0.240. The van der Waals surface area contributed by atoms with E-state index in [0.29, 0.717) is 0 Å². The lowest BCUT2D eigenvalue weighted by Gasteiger charge is -2.38. The van der Waals surface area contributed by atoms with Crippen LogP contribution < -0.4 is 0 Å². The van der Waals surface area contributed by atoms with E-state index in [0.717, 1.165) is 24.2 Å². The van der Waals surface area contributed by atoms with Gasteiger partial charge in [0, 0.05) is 103 Å². The fourth-order valence-corrected chi connectivity index (χ4v) is 4.70. The van der Waals surface area contributed by atoms with Crippen LogP contribution in [0.4, 0.5) is 0 Å². The second-order valence-electron chi connectivity index (χ2n) is 11.3. The number of hydrogen-bond donors (Lipinski definition) is 0. The van der Waals surface area contributed by atoms with Gasteiger partial charge in [-0.15, -0.1) is 0 Å². The first-order valence-electron chi connectivity index (χ1n) is 13.9. The molecule has 3 aliphatic heterocycles. The van der Waals surface area contributed by atoms with E-state index in [-0.39, 0.29) is 0 Å². The van der Waals surface area contributed by atoms with Crippen LogP contribution in [0.3, 0.4) is 0 Å². The molecule has 6 nitrogen and oxygen atoms in total. The van der Waals surface area contributed by atoms with Crippen molar-refractivity contribution in [1.29, 1.82) is 0 Å². The number of nitrogens with zero attached hydrogens (tertiary/aromatic N) is 6. The summed E-state index contributed by atoms with van der Waals surface area (Å²) < 4.78 is 0. The van der Waals surface area contributed by atoms with Crippen molar-refractivity contribution < 1.29 is 0 Å². The Bertz CT molecular complexity index is 441. The van der Waals surface area contributed by atoms with Gasteiger partial charge in [0.05, 0.1) is 0 Å². The highest BCUT2D eigenvalue weighted by Crippen LogP contribution is 2.08. The predicted molar refractivity (Wildman–Crippen MR) is 146 cm³/mol. The Balaban J connectivity index is 0.000000249. The Labute approximate surface area is 208 Å². The van der Waals surface area contributed by atoms with E-state index in [9.17, 15) is 0 Å². The largest absolute Gasteiger partial charge is 0.304 e. The highest BCUT2D eigenvalue weighted by Gasteiger charge is 2.20. The molecule has 0 N–H and O–H groups in total. The number of rotatable bonds is 5. The summed E-state index contributed by atoms with van der Waals surface area (Å²) in [5.74, 6) is 0. The molecule has 0 atom stereocenters. The summed E-state index contributed by atoms with van der Waals surface area (Å²) >= 11 is 0. The Morgan fingerprint density at radius 1 is 0.424 bits per heavy atom. The van der Waals surface area contributed by atoms with E-state index in [1.807, 2.05) is 0 Å². The minimum Gasteiger partial charge on any atom is -0.304 e. The van der Waals surface area contributed by atoms with Crippen molar-refractivity contribution in [2.75, 3.05) is 92.1 Å². The lowest BCUT2D eigenvalue weighted by atomic mass is 10.2. The molecule has 0 radical (unpaired) electrons. The number of piperazine rings is 3. The van der Waals surface area contributed by atoms with Crippen LogP contribution in [-0.4, -0.2) is 146 Å². The Morgan fingerprint density at radius 3 is 0.909 bits per heavy atom. The topological polar surface area (TPSA) is 19.4 Å². The lowest BCUT2D eigenvalue weighted by Crippen LogP contribution is -2.50. The zero-order valence-corrected chi connectivity index (χ0v) is 24.2. The molecule has 0 aromatic rings. The molecule has 0 unspecified atom stereocenters. The number of likely N-dealkylation sites (N-methyl/N-ethyl adjacent to an activating group) is 2. The van der Waals surface area contributed by atoms with Gasteiger partial charge < -0.3 is 9.80 Å². The van der Waals surface area contributed by atoms with Crippen LogP contribution in [0.1, 0.15) is 62.3 Å². The standard InChI is InChI=1S/C10H22N2.C9H20N2.C8H18N2/c1-9(2)11-5-7-12(8-6-11)10(3)4;1-4-10-5-7-11(8-6-10)9(2)3;1-8(2)10-6-4-9(3)5-7-10/h9-10H,5-8H2,1-4H3;9H,4-8H2,1-3H3;8H,4-7H2,1-3H3. The SMILES string of the molecule is CC(C)N1CCN(C(C)C)CC1.CC(C)N1CCN(C)CC1.CCN1CCN(C(C)C)CC1. The van der Waals surface area contributed by atoms with Gasteiger partial charge >= 0.3 is 0 Å². The maximum absolute atomic E-state index is 2.55. The molecule has 0 saturated carbocycles. The van der Waals surface area contributed by atoms with Gasteiger partial charge in [-0.05, 0) is 69.0 Å². The normalized spacial score (nSPS) is 23.1. The van der Waals surface area contributed by atoms with Gasteiger partial charge in [0.2, 0.25) is 0 Å². The predicted octanol–water partition coefficient (Wildman–Crippen LogP) is 3.10. The third-order valence-electron chi connectivity index (χ3n) is 7.66. The monoisotopic (exact) mass is 468 g/mol. The quantitative estimate of drug-likeness (QED) is 0.613. The second kappa shape index (κ2) is 16.4. The fraction of sp³-hybridized carbons (Fsp3) is 1.00. The maximum Gasteiger partial charge on any atom is 0.0113 e. The zero-order valence-electron chi connectivity index (χ0n) is 24.2. The molecule has 3 aliphatic rings. The minimum absolute atomic E-state index is 0.722. The third-order valence-corrected chi connectivity index (χ3v) is 7.66. The summed E-state index contributed by atoms with van der Waals surface area (Å²) in [5.41, 5.74) is 0. The molecule has 3 saturated heterocycles. The molecular weight excluding hydrogens is 408 g/mol. The van der Waals surface area contributed by atoms with Gasteiger partial charge in [-0.1, -0.05) is 6.92 Å². The average Bonchev–Trinajstić information content (AvgIpc) is 2.80. The van der Waals surface area contributed by atoms with Crippen molar-refractivity contribution in [2.24, 2.45) is 0 Å². The Morgan fingerprint density at radius 2 is 0.667 bits per heavy atom. The van der Waals surface area contributed by atoms with E-state index in [1.54, 1.807) is 0 Å². The summed E-state index contributed by atoms with van der Waals surface area (Å²) in [4.78, 5) is 15.1. The third kappa shape index (κ3) is 12.3. The second-order valence-corrected chi connectivity index (χ2v) is 11.3. The average molecular weight is 469 g/mol. The van der Waals surface area contributed by atoms with E-state index < -0.39 is 0 Å². The van der Waals surface area contributed by atoms with Crippen molar-refractivity contribution >= 4 is 0 Å². The summed E-state index contributed by atoms with van der Waals surface area (Å²) in [6, 6.07) is 2.90. The van der Waals surface area contributed by atoms with Gasteiger partial charge in [-0.25, -0.2) is 0 Å². The van der Waals surface area contributed by atoms with Crippen LogP contribution in [0, 0.1) is 0 Å². The molecule has 3 rings (SSSR count). The summed E-state index contributed by atoms with van der Waals surface area (Å²) in [6.45, 7) is 36.7. The van der Waals surface area contributed by atoms with Crippen molar-refractivity contribution in [2.45, 2.75) is 86.5 Å². The van der Waals surface area contributed by atoms with Gasteiger partial charge in [-0.3, -0.25) is 19.6 Å². The molecular formula is C27H60N6. The van der Waals surface area contributed by atoms with Gasteiger partial charge in [0.25, 0.3) is 0 Å². The van der Waals surface area contributed by atoms with Crippen LogP contribution in [-0.2, 0) is 0 Å². The van der Waals surface area contributed by atoms with E-state index in [4.69, 9.17) is 0 Å². The summed E-state index contributed by atoms with van der Waals surface area (Å²) in [5, 5.41) is 0. The molecule has 0 aromatic heterocycles. The minimum atomic E-state index is 0.722. The molecule has 0 spiro atoms. The molecule has 0 aliphatic carbocycles. The van der Waals surface area contributed by atoms with Gasteiger partial charge in [-0.2, -0.15) is 0 Å². The van der Waals surface area contributed by atoms with Crippen LogP contribution in [0.2, 0.25) is 0 Å². The van der Waals surface area contributed by atoms with Gasteiger partial charge in [0.1, 0.15) is 0 Å². The highest BCUT2D eigenvalue weighted by molar-refractivity contribution is 4.76. The van der Waals surface area contributed by atoms with Crippen LogP contribution in [0.25, 0.3) is 0 Å². The fourth-order valence-electron chi connectivity index (χ4n) is 4.70. The maximum atomic E-state index is 2.55. The summed E-state index contributed by atoms with van der Waals surface area (Å²) in [6.07, 6.45) is 0. The lowest BCUT2D eigenvalue weighted by molar-refractivity contribution is 0.0887. The molecule has 198 valence electrons. The van der Waals surface area contributed by atoms with E-state index in [2.05, 4.69) is 98.8 Å². The molecule has 3 heterocycles. The van der Waals surface area contributed by atoms with Crippen LogP contribution in [0.5, 0.6) is 0 Å². The first-order valence-corrected chi connectivity index (χ1v) is 13.9. The molecule has 0 amide bonds. The van der Waals surface area contributed by atoms with E-state index >= 15 is 0 Å². The van der Waals surface area contributed by atoms with Crippen LogP contribution >= 0.6 is 0 Å². The van der Waals surface area contributed by atoms with Gasteiger partial charge in [0.15, 0.2) is 0 Å². The van der Waals surface area contributed by atoms with Crippen LogP contribution in [0.15, 0.2) is 0 Å². The first-order chi connectivity index (χ1) is 15.5. The highest BCUT2D eigenvalue weighted by atomic mass is 15.3.